The second-order valence-corrected chi connectivity index (χ2v) is 4.51. The predicted octanol–water partition coefficient (Wildman–Crippen LogP) is 2.17. The average Bonchev–Trinajstić information content (AvgIpc) is 2.65. The first-order chi connectivity index (χ1) is 7.62. The average molecular weight is 219 g/mol. The van der Waals surface area contributed by atoms with Crippen LogP contribution in [0.4, 0.5) is 5.82 Å². The molecule has 16 heavy (non-hydrogen) atoms. The van der Waals surface area contributed by atoms with Crippen molar-refractivity contribution in [2.45, 2.75) is 19.4 Å². The molecule has 0 saturated heterocycles. The molecule has 0 bridgehead atoms. The minimum absolute atomic E-state index is 0.104. The van der Waals surface area contributed by atoms with Crippen LogP contribution in [0.5, 0.6) is 0 Å². The number of pyridine rings is 1. The molecule has 0 atom stereocenters. The molecule has 0 fully saturated rings. The van der Waals surface area contributed by atoms with Crippen LogP contribution in [0.1, 0.15) is 13.8 Å². The van der Waals surface area contributed by atoms with Crippen molar-refractivity contribution in [2.24, 2.45) is 0 Å². The van der Waals surface area contributed by atoms with E-state index in [1.54, 1.807) is 13.3 Å². The van der Waals surface area contributed by atoms with E-state index in [1.165, 1.54) is 0 Å². The Morgan fingerprint density at radius 2 is 2.25 bits per heavy atom. The third-order valence-corrected chi connectivity index (χ3v) is 2.40. The number of fused-ring (bicyclic) bond motifs is 1. The van der Waals surface area contributed by atoms with E-state index in [4.69, 9.17) is 4.74 Å². The summed E-state index contributed by atoms with van der Waals surface area (Å²) in [5.41, 5.74) is 0.839. The first-order valence-electron chi connectivity index (χ1n) is 5.32. The lowest BCUT2D eigenvalue weighted by atomic mass is 10.1. The van der Waals surface area contributed by atoms with E-state index in [-0.39, 0.29) is 5.54 Å². The zero-order chi connectivity index (χ0) is 11.6. The minimum Gasteiger partial charge on any atom is -0.382 e. The molecule has 0 unspecified atom stereocenters. The zero-order valence-corrected chi connectivity index (χ0v) is 9.90. The van der Waals surface area contributed by atoms with Crippen molar-refractivity contribution in [1.29, 1.82) is 0 Å². The molecular weight excluding hydrogens is 202 g/mol. The number of ether oxygens (including phenoxy) is 1. The number of hydrogen-bond donors (Lipinski definition) is 1. The van der Waals surface area contributed by atoms with Crippen molar-refractivity contribution in [1.82, 2.24) is 9.38 Å². The highest BCUT2D eigenvalue weighted by Crippen LogP contribution is 2.16. The molecule has 1 N–H and O–H groups in total. The van der Waals surface area contributed by atoms with E-state index < -0.39 is 0 Å². The maximum Gasteiger partial charge on any atom is 0.138 e. The molecule has 4 heteroatoms. The molecule has 4 nitrogen and oxygen atoms in total. The number of methoxy groups -OCH3 is 1. The first-order valence-corrected chi connectivity index (χ1v) is 5.32. The van der Waals surface area contributed by atoms with E-state index >= 15 is 0 Å². The molecule has 0 amide bonds. The fraction of sp³-hybridized carbons (Fsp3) is 0.417. The Morgan fingerprint density at radius 3 is 3.00 bits per heavy atom. The van der Waals surface area contributed by atoms with Crippen LogP contribution >= 0.6 is 0 Å². The van der Waals surface area contributed by atoms with E-state index in [2.05, 4.69) is 24.1 Å². The van der Waals surface area contributed by atoms with Gasteiger partial charge in [-0.15, -0.1) is 0 Å². The highest BCUT2D eigenvalue weighted by Gasteiger charge is 2.17. The van der Waals surface area contributed by atoms with Crippen molar-refractivity contribution in [3.05, 3.63) is 30.6 Å². The normalized spacial score (nSPS) is 11.9. The van der Waals surface area contributed by atoms with Gasteiger partial charge in [0.1, 0.15) is 11.5 Å². The highest BCUT2D eigenvalue weighted by molar-refractivity contribution is 5.50. The molecule has 86 valence electrons. The van der Waals surface area contributed by atoms with Gasteiger partial charge in [-0.2, -0.15) is 0 Å². The van der Waals surface area contributed by atoms with Crippen LogP contribution in [-0.4, -0.2) is 28.6 Å². The number of nitrogens with zero attached hydrogens (tertiary/aromatic N) is 2. The SMILES string of the molecule is COCC(C)(C)Nc1cccc2nccn12. The summed E-state index contributed by atoms with van der Waals surface area (Å²) in [7, 11) is 1.71. The molecule has 0 aromatic carbocycles. The lowest BCUT2D eigenvalue weighted by Gasteiger charge is -2.26. The Balaban J connectivity index is 2.30. The standard InChI is InChI=1S/C12H17N3O/c1-12(2,9-16-3)14-11-6-4-5-10-13-7-8-15(10)11/h4-8,14H,9H2,1-3H3. The lowest BCUT2D eigenvalue weighted by molar-refractivity contribution is 0.158. The van der Waals surface area contributed by atoms with Crippen LogP contribution in [0.15, 0.2) is 30.6 Å². The second kappa shape index (κ2) is 4.14. The van der Waals surface area contributed by atoms with Crippen LogP contribution in [0.2, 0.25) is 0 Å². The first kappa shape index (κ1) is 11.0. The van der Waals surface area contributed by atoms with Crippen molar-refractivity contribution in [3.8, 4) is 0 Å². The second-order valence-electron chi connectivity index (χ2n) is 4.51. The molecule has 2 aromatic heterocycles. The lowest BCUT2D eigenvalue weighted by Crippen LogP contribution is -2.36. The topological polar surface area (TPSA) is 38.6 Å². The van der Waals surface area contributed by atoms with Gasteiger partial charge in [0, 0.05) is 19.5 Å². The highest BCUT2D eigenvalue weighted by atomic mass is 16.5. The molecule has 0 aliphatic heterocycles. The Labute approximate surface area is 95.3 Å². The number of nitrogens with one attached hydrogen (secondary N) is 1. The van der Waals surface area contributed by atoms with Crippen LogP contribution in [0.25, 0.3) is 5.65 Å². The van der Waals surface area contributed by atoms with E-state index in [1.807, 2.05) is 28.8 Å². The molecular formula is C12H17N3O. The van der Waals surface area contributed by atoms with E-state index in [0.29, 0.717) is 6.61 Å². The maximum atomic E-state index is 5.18. The van der Waals surface area contributed by atoms with E-state index in [0.717, 1.165) is 11.5 Å². The summed E-state index contributed by atoms with van der Waals surface area (Å²) >= 11 is 0. The monoisotopic (exact) mass is 219 g/mol. The quantitative estimate of drug-likeness (QED) is 0.856. The molecule has 0 spiro atoms. The van der Waals surface area contributed by atoms with Gasteiger partial charge < -0.3 is 10.1 Å². The zero-order valence-electron chi connectivity index (χ0n) is 9.90. The van der Waals surface area contributed by atoms with Crippen molar-refractivity contribution >= 4 is 11.5 Å². The Hall–Kier alpha value is -1.55. The third-order valence-electron chi connectivity index (χ3n) is 2.40. The maximum absolute atomic E-state index is 5.18. The number of aromatic nitrogens is 2. The molecule has 0 aliphatic rings. The summed E-state index contributed by atoms with van der Waals surface area (Å²) in [4.78, 5) is 4.25. The smallest absolute Gasteiger partial charge is 0.138 e. The molecule has 2 heterocycles. The van der Waals surface area contributed by atoms with Crippen molar-refractivity contribution in [2.75, 3.05) is 19.0 Å². The fourth-order valence-corrected chi connectivity index (χ4v) is 1.79. The van der Waals surface area contributed by atoms with Gasteiger partial charge in [-0.05, 0) is 26.0 Å². The third kappa shape index (κ3) is 2.17. The Morgan fingerprint density at radius 1 is 1.44 bits per heavy atom. The number of anilines is 1. The largest absolute Gasteiger partial charge is 0.382 e. The number of rotatable bonds is 4. The Kier molecular flexibility index (Phi) is 2.83. The molecule has 2 rings (SSSR count). The summed E-state index contributed by atoms with van der Waals surface area (Å²) in [6.07, 6.45) is 3.74. The summed E-state index contributed by atoms with van der Waals surface area (Å²) in [6, 6.07) is 6.01. The fourth-order valence-electron chi connectivity index (χ4n) is 1.79. The van der Waals surface area contributed by atoms with Crippen LogP contribution in [0.3, 0.4) is 0 Å². The summed E-state index contributed by atoms with van der Waals surface area (Å²) in [5, 5.41) is 3.45. The minimum atomic E-state index is -0.104. The molecule has 2 aromatic rings. The summed E-state index contributed by atoms with van der Waals surface area (Å²) < 4.78 is 7.21. The number of hydrogen-bond acceptors (Lipinski definition) is 3. The molecule has 0 saturated carbocycles. The predicted molar refractivity (Wildman–Crippen MR) is 64.8 cm³/mol. The van der Waals surface area contributed by atoms with Gasteiger partial charge in [0.05, 0.1) is 12.1 Å². The summed E-state index contributed by atoms with van der Waals surface area (Å²) in [5.74, 6) is 1.03. The van der Waals surface area contributed by atoms with Gasteiger partial charge in [-0.1, -0.05) is 6.07 Å². The van der Waals surface area contributed by atoms with Gasteiger partial charge in [0.25, 0.3) is 0 Å². The van der Waals surface area contributed by atoms with Crippen molar-refractivity contribution < 1.29 is 4.74 Å². The molecule has 0 aliphatic carbocycles. The molecule has 0 radical (unpaired) electrons. The van der Waals surface area contributed by atoms with Gasteiger partial charge in [-0.25, -0.2) is 4.98 Å². The van der Waals surface area contributed by atoms with Gasteiger partial charge >= 0.3 is 0 Å². The summed E-state index contributed by atoms with van der Waals surface area (Å²) in [6.45, 7) is 4.86. The van der Waals surface area contributed by atoms with Gasteiger partial charge in [-0.3, -0.25) is 4.40 Å². The van der Waals surface area contributed by atoms with Gasteiger partial charge in [0.15, 0.2) is 0 Å². The van der Waals surface area contributed by atoms with Crippen LogP contribution in [0, 0.1) is 0 Å². The van der Waals surface area contributed by atoms with Crippen LogP contribution < -0.4 is 5.32 Å². The number of imidazole rings is 1. The Bertz CT molecular complexity index is 476. The van der Waals surface area contributed by atoms with Crippen LogP contribution in [-0.2, 0) is 4.74 Å². The van der Waals surface area contributed by atoms with E-state index in [9.17, 15) is 0 Å². The van der Waals surface area contributed by atoms with Gasteiger partial charge in [0.2, 0.25) is 0 Å². The van der Waals surface area contributed by atoms with Crippen molar-refractivity contribution in [3.63, 3.8) is 0 Å².